The summed E-state index contributed by atoms with van der Waals surface area (Å²) >= 11 is 5.84. The van der Waals surface area contributed by atoms with Crippen molar-refractivity contribution < 1.29 is 21.6 Å². The van der Waals surface area contributed by atoms with Crippen molar-refractivity contribution in [1.29, 1.82) is 0 Å². The highest BCUT2D eigenvalue weighted by Gasteiger charge is 2.22. The number of anilines is 2. The summed E-state index contributed by atoms with van der Waals surface area (Å²) in [5.41, 5.74) is 1.24. The summed E-state index contributed by atoms with van der Waals surface area (Å²) in [6, 6.07) is 21.0. The topological polar surface area (TPSA) is 126 Å². The van der Waals surface area contributed by atoms with Gasteiger partial charge in [0.2, 0.25) is 10.0 Å². The maximum atomic E-state index is 13.0. The molecule has 0 bridgehead atoms. The van der Waals surface area contributed by atoms with Crippen molar-refractivity contribution in [2.24, 2.45) is 0 Å². The normalized spacial score (nSPS) is 11.8. The molecule has 1 aromatic heterocycles. The van der Waals surface area contributed by atoms with E-state index in [1.807, 2.05) is 0 Å². The fourth-order valence-corrected chi connectivity index (χ4v) is 5.87. The van der Waals surface area contributed by atoms with Crippen LogP contribution in [0.3, 0.4) is 0 Å². The number of hydrogen-bond acceptors (Lipinski definition) is 6. The molecule has 0 atom stereocenters. The third kappa shape index (κ3) is 6.37. The number of carbonyl (C=O) groups excluding carboxylic acids is 1. The van der Waals surface area contributed by atoms with Gasteiger partial charge in [-0.2, -0.15) is 4.31 Å². The van der Waals surface area contributed by atoms with E-state index in [4.69, 9.17) is 11.6 Å². The Kier molecular flexibility index (Phi) is 8.12. The van der Waals surface area contributed by atoms with Crippen LogP contribution in [0.4, 0.5) is 11.4 Å². The van der Waals surface area contributed by atoms with Crippen LogP contribution < -0.4 is 10.0 Å². The number of amides is 1. The second-order valence-electron chi connectivity index (χ2n) is 8.21. The van der Waals surface area contributed by atoms with E-state index in [0.717, 1.165) is 5.56 Å². The van der Waals surface area contributed by atoms with Gasteiger partial charge >= 0.3 is 0 Å². The number of halogens is 1. The molecule has 0 unspecified atom stereocenters. The maximum Gasteiger partial charge on any atom is 0.261 e. The molecule has 0 saturated heterocycles. The van der Waals surface area contributed by atoms with Crippen molar-refractivity contribution in [2.45, 2.75) is 16.3 Å². The summed E-state index contributed by atoms with van der Waals surface area (Å²) in [4.78, 5) is 17.0. The highest BCUT2D eigenvalue weighted by atomic mass is 35.5. The van der Waals surface area contributed by atoms with Gasteiger partial charge in [0.05, 0.1) is 21.0 Å². The summed E-state index contributed by atoms with van der Waals surface area (Å²) in [5, 5.41) is 3.06. The molecule has 3 aromatic carbocycles. The minimum Gasteiger partial charge on any atom is -0.322 e. The first-order valence-corrected chi connectivity index (χ1v) is 14.5. The van der Waals surface area contributed by atoms with E-state index in [1.165, 1.54) is 72.0 Å². The zero-order chi connectivity index (χ0) is 27.3. The largest absolute Gasteiger partial charge is 0.322 e. The van der Waals surface area contributed by atoms with Gasteiger partial charge in [0, 0.05) is 36.7 Å². The third-order valence-corrected chi connectivity index (χ3v) is 8.94. The number of aromatic nitrogens is 1. The van der Waals surface area contributed by atoms with E-state index in [9.17, 15) is 21.6 Å². The highest BCUT2D eigenvalue weighted by Crippen LogP contribution is 2.24. The van der Waals surface area contributed by atoms with Crippen LogP contribution in [-0.2, 0) is 26.6 Å². The van der Waals surface area contributed by atoms with Crippen molar-refractivity contribution in [3.8, 4) is 0 Å². The molecule has 2 N–H and O–H groups in total. The fraction of sp³-hybridized carbons (Fsp3) is 0.0769. The SMILES string of the molecule is CN(Cc1cccnc1)S(=O)(=O)c1ccc(NC(=O)c2ccccc2NS(=O)(=O)c2ccc(Cl)cc2)cc1. The molecule has 0 radical (unpaired) electrons. The lowest BCUT2D eigenvalue weighted by molar-refractivity contribution is 0.102. The Morgan fingerprint density at radius 3 is 2.18 bits per heavy atom. The molecular formula is C26H23ClN4O5S2. The van der Waals surface area contributed by atoms with Crippen LogP contribution >= 0.6 is 11.6 Å². The van der Waals surface area contributed by atoms with Crippen molar-refractivity contribution in [3.63, 3.8) is 0 Å². The van der Waals surface area contributed by atoms with Gasteiger partial charge < -0.3 is 5.32 Å². The first-order chi connectivity index (χ1) is 18.1. The Labute approximate surface area is 226 Å². The number of sulfonamides is 2. The molecule has 0 saturated carbocycles. The van der Waals surface area contributed by atoms with Crippen LogP contribution in [0.1, 0.15) is 15.9 Å². The fourth-order valence-electron chi connectivity index (χ4n) is 3.51. The lowest BCUT2D eigenvalue weighted by Crippen LogP contribution is -2.26. The zero-order valence-corrected chi connectivity index (χ0v) is 22.5. The van der Waals surface area contributed by atoms with E-state index in [-0.39, 0.29) is 27.6 Å². The van der Waals surface area contributed by atoms with Gasteiger partial charge in [-0.1, -0.05) is 29.8 Å². The van der Waals surface area contributed by atoms with E-state index < -0.39 is 26.0 Å². The maximum absolute atomic E-state index is 13.0. The number of hydrogen-bond donors (Lipinski definition) is 2. The summed E-state index contributed by atoms with van der Waals surface area (Å²) in [6.45, 7) is 0.150. The molecule has 0 fully saturated rings. The first kappa shape index (κ1) is 27.3. The van der Waals surface area contributed by atoms with Crippen LogP contribution in [0.5, 0.6) is 0 Å². The molecule has 4 aromatic rings. The quantitative estimate of drug-likeness (QED) is 0.303. The third-order valence-electron chi connectivity index (χ3n) is 5.49. The van der Waals surface area contributed by atoms with E-state index >= 15 is 0 Å². The van der Waals surface area contributed by atoms with Gasteiger partial charge in [-0.25, -0.2) is 16.8 Å². The van der Waals surface area contributed by atoms with Gasteiger partial charge in [0.1, 0.15) is 0 Å². The summed E-state index contributed by atoms with van der Waals surface area (Å²) < 4.78 is 55.1. The average molecular weight is 571 g/mol. The predicted molar refractivity (Wildman–Crippen MR) is 146 cm³/mol. The molecule has 12 heteroatoms. The number of carbonyl (C=O) groups is 1. The minimum atomic E-state index is -3.98. The van der Waals surface area contributed by atoms with E-state index in [1.54, 1.807) is 36.7 Å². The standard InChI is InChI=1S/C26H23ClN4O5S2/c1-31(18-19-5-4-16-28-17-19)38(35,36)23-14-10-21(11-15-23)29-26(32)24-6-2-3-7-25(24)30-37(33,34)22-12-8-20(27)9-13-22/h2-17,30H,18H2,1H3,(H,29,32). The monoisotopic (exact) mass is 570 g/mol. The Balaban J connectivity index is 1.48. The highest BCUT2D eigenvalue weighted by molar-refractivity contribution is 7.92. The number of rotatable bonds is 9. The van der Waals surface area contributed by atoms with Gasteiger partial charge in [0.25, 0.3) is 15.9 Å². The second kappa shape index (κ2) is 11.3. The molecule has 4 rings (SSSR count). The van der Waals surface area contributed by atoms with E-state index in [0.29, 0.717) is 10.7 Å². The van der Waals surface area contributed by atoms with Crippen molar-refractivity contribution in [1.82, 2.24) is 9.29 Å². The molecule has 0 aliphatic heterocycles. The number of pyridine rings is 1. The Morgan fingerprint density at radius 2 is 1.53 bits per heavy atom. The molecule has 0 aliphatic rings. The van der Waals surface area contributed by atoms with Crippen molar-refractivity contribution >= 4 is 48.9 Å². The van der Waals surface area contributed by atoms with Crippen LogP contribution in [-0.4, -0.2) is 39.1 Å². The van der Waals surface area contributed by atoms with Crippen LogP contribution in [0, 0.1) is 0 Å². The van der Waals surface area contributed by atoms with Crippen LogP contribution in [0.2, 0.25) is 5.02 Å². The predicted octanol–water partition coefficient (Wildman–Crippen LogP) is 4.61. The van der Waals surface area contributed by atoms with E-state index in [2.05, 4.69) is 15.0 Å². The molecule has 1 heterocycles. The Morgan fingerprint density at radius 1 is 0.868 bits per heavy atom. The molecule has 38 heavy (non-hydrogen) atoms. The number of benzene rings is 3. The molecule has 9 nitrogen and oxygen atoms in total. The minimum absolute atomic E-state index is 0.0117. The molecule has 1 amide bonds. The Bertz CT molecular complexity index is 1650. The van der Waals surface area contributed by atoms with Crippen molar-refractivity contribution in [2.75, 3.05) is 17.1 Å². The van der Waals surface area contributed by atoms with Gasteiger partial charge in [-0.05, 0) is 72.3 Å². The smallest absolute Gasteiger partial charge is 0.261 e. The second-order valence-corrected chi connectivity index (χ2v) is 12.4. The number of nitrogens with one attached hydrogen (secondary N) is 2. The van der Waals surface area contributed by atoms with Gasteiger partial charge in [-0.15, -0.1) is 0 Å². The van der Waals surface area contributed by atoms with Crippen LogP contribution in [0.15, 0.2) is 107 Å². The zero-order valence-electron chi connectivity index (χ0n) is 20.1. The average Bonchev–Trinajstić information content (AvgIpc) is 2.90. The molecule has 0 aliphatic carbocycles. The summed E-state index contributed by atoms with van der Waals surface area (Å²) in [5.74, 6) is -0.580. The van der Waals surface area contributed by atoms with Gasteiger partial charge in [0.15, 0.2) is 0 Å². The number of nitrogens with zero attached hydrogens (tertiary/aromatic N) is 2. The molecule has 0 spiro atoms. The molecule has 196 valence electrons. The van der Waals surface area contributed by atoms with Gasteiger partial charge in [-0.3, -0.25) is 14.5 Å². The number of para-hydroxylation sites is 1. The Hall–Kier alpha value is -3.77. The lowest BCUT2D eigenvalue weighted by atomic mass is 10.1. The molecular weight excluding hydrogens is 548 g/mol. The summed E-state index contributed by atoms with van der Waals surface area (Å²) in [6.07, 6.45) is 3.20. The first-order valence-electron chi connectivity index (χ1n) is 11.2. The van der Waals surface area contributed by atoms with Crippen molar-refractivity contribution in [3.05, 3.63) is 113 Å². The summed E-state index contributed by atoms with van der Waals surface area (Å²) in [7, 11) is -6.29. The lowest BCUT2D eigenvalue weighted by Gasteiger charge is -2.17. The van der Waals surface area contributed by atoms with Crippen LogP contribution in [0.25, 0.3) is 0 Å².